The molecule has 0 spiro atoms. The van der Waals surface area contributed by atoms with Crippen LogP contribution < -0.4 is 29.1 Å². The predicted octanol–water partition coefficient (Wildman–Crippen LogP) is 3.87. The molecule has 10 heteroatoms. The maximum absolute atomic E-state index is 13.9. The summed E-state index contributed by atoms with van der Waals surface area (Å²) in [5.74, 6) is 0.985. The molecule has 0 aliphatic carbocycles. The summed E-state index contributed by atoms with van der Waals surface area (Å²) in [6.45, 7) is 4.18. The van der Waals surface area contributed by atoms with Crippen molar-refractivity contribution in [2.45, 2.75) is 26.3 Å². The van der Waals surface area contributed by atoms with Gasteiger partial charge in [0.15, 0.2) is 16.3 Å². The SMILES string of the molecule is CCCOc1ccc(Cl)cc1C1C(C(=O)OC)=C(C)N=c2s/c(=C\c3cccc(OC)c3OC)c(=O)n21. The standard InChI is InChI=1S/C27H27ClN2O6S/c1-6-12-36-19-11-10-17(28)14-18(19)23-22(26(32)35-5)15(2)29-27-30(23)25(31)21(37-27)13-16-8-7-9-20(33-3)24(16)34-4/h7-11,13-14,23H,6,12H2,1-5H3/b21-13-. The van der Waals surface area contributed by atoms with Crippen LogP contribution in [-0.4, -0.2) is 38.5 Å². The second-order valence-electron chi connectivity index (χ2n) is 8.19. The van der Waals surface area contributed by atoms with E-state index in [1.807, 2.05) is 19.1 Å². The topological polar surface area (TPSA) is 88.4 Å². The Balaban J connectivity index is 2.01. The largest absolute Gasteiger partial charge is 0.493 e. The van der Waals surface area contributed by atoms with Crippen LogP contribution in [0.4, 0.5) is 0 Å². The van der Waals surface area contributed by atoms with Crippen molar-refractivity contribution < 1.29 is 23.7 Å². The smallest absolute Gasteiger partial charge is 0.338 e. The Morgan fingerprint density at radius 3 is 2.62 bits per heavy atom. The fraction of sp³-hybridized carbons (Fsp3) is 0.296. The molecule has 0 N–H and O–H groups in total. The molecule has 8 nitrogen and oxygen atoms in total. The van der Waals surface area contributed by atoms with E-state index in [0.717, 1.165) is 6.42 Å². The van der Waals surface area contributed by atoms with Crippen molar-refractivity contribution in [3.63, 3.8) is 0 Å². The van der Waals surface area contributed by atoms with Crippen molar-refractivity contribution in [2.75, 3.05) is 27.9 Å². The molecule has 1 aliphatic rings. The molecule has 0 saturated carbocycles. The van der Waals surface area contributed by atoms with E-state index in [2.05, 4.69) is 4.99 Å². The van der Waals surface area contributed by atoms with Crippen LogP contribution in [0.15, 0.2) is 57.5 Å². The summed E-state index contributed by atoms with van der Waals surface area (Å²) in [5, 5.41) is 0.445. The van der Waals surface area contributed by atoms with Crippen LogP contribution in [-0.2, 0) is 9.53 Å². The first-order valence-corrected chi connectivity index (χ1v) is 12.8. The van der Waals surface area contributed by atoms with Gasteiger partial charge in [0.1, 0.15) is 11.8 Å². The lowest BCUT2D eigenvalue weighted by molar-refractivity contribution is -0.136. The minimum Gasteiger partial charge on any atom is -0.493 e. The molecule has 0 bridgehead atoms. The molecule has 0 saturated heterocycles. The average Bonchev–Trinajstić information content (AvgIpc) is 3.20. The first-order chi connectivity index (χ1) is 17.8. The van der Waals surface area contributed by atoms with Crippen LogP contribution in [0, 0.1) is 0 Å². The Labute approximate surface area is 223 Å². The number of carbonyl (C=O) groups excluding carboxylic acids is 1. The quantitative estimate of drug-likeness (QED) is 0.402. The van der Waals surface area contributed by atoms with Crippen molar-refractivity contribution in [2.24, 2.45) is 4.99 Å². The number of halogens is 1. The molecule has 4 rings (SSSR count). The molecule has 37 heavy (non-hydrogen) atoms. The van der Waals surface area contributed by atoms with Gasteiger partial charge in [0.2, 0.25) is 0 Å². The number of carbonyl (C=O) groups is 1. The average molecular weight is 543 g/mol. The number of hydrogen-bond acceptors (Lipinski definition) is 8. The van der Waals surface area contributed by atoms with E-state index in [1.54, 1.807) is 51.5 Å². The highest BCUT2D eigenvalue weighted by Gasteiger charge is 2.35. The lowest BCUT2D eigenvalue weighted by Crippen LogP contribution is -2.40. The van der Waals surface area contributed by atoms with Crippen molar-refractivity contribution >= 4 is 35.0 Å². The van der Waals surface area contributed by atoms with Crippen molar-refractivity contribution in [1.82, 2.24) is 4.57 Å². The van der Waals surface area contributed by atoms with Gasteiger partial charge in [-0.25, -0.2) is 9.79 Å². The highest BCUT2D eigenvalue weighted by Crippen LogP contribution is 2.37. The summed E-state index contributed by atoms with van der Waals surface area (Å²) in [6.07, 6.45) is 2.51. The predicted molar refractivity (Wildman–Crippen MR) is 143 cm³/mol. The van der Waals surface area contributed by atoms with E-state index in [-0.39, 0.29) is 11.1 Å². The molecule has 1 unspecified atom stereocenters. The second-order valence-corrected chi connectivity index (χ2v) is 9.63. The van der Waals surface area contributed by atoms with Crippen LogP contribution in [0.2, 0.25) is 5.02 Å². The van der Waals surface area contributed by atoms with Gasteiger partial charge in [-0.2, -0.15) is 0 Å². The van der Waals surface area contributed by atoms with Gasteiger partial charge in [-0.3, -0.25) is 9.36 Å². The lowest BCUT2D eigenvalue weighted by atomic mass is 9.95. The molecule has 2 aromatic carbocycles. The number of methoxy groups -OCH3 is 3. The normalized spacial score (nSPS) is 15.2. The minimum atomic E-state index is -0.844. The first kappa shape index (κ1) is 26.5. The fourth-order valence-electron chi connectivity index (χ4n) is 4.23. The molecule has 1 atom stereocenters. The minimum absolute atomic E-state index is 0.240. The zero-order chi connectivity index (χ0) is 26.7. The number of ether oxygens (including phenoxy) is 4. The number of aromatic nitrogens is 1. The molecule has 1 aliphatic heterocycles. The molecule has 0 amide bonds. The van der Waals surface area contributed by atoms with Gasteiger partial charge in [0, 0.05) is 16.1 Å². The molecular formula is C27H27ClN2O6S. The Hall–Kier alpha value is -3.56. The van der Waals surface area contributed by atoms with Crippen molar-refractivity contribution in [3.8, 4) is 17.2 Å². The summed E-state index contributed by atoms with van der Waals surface area (Å²) >= 11 is 7.59. The molecule has 0 fully saturated rings. The van der Waals surface area contributed by atoms with E-state index in [1.165, 1.54) is 23.0 Å². The zero-order valence-electron chi connectivity index (χ0n) is 21.2. The number of thiazole rings is 1. The van der Waals surface area contributed by atoms with Gasteiger partial charge in [-0.1, -0.05) is 42.0 Å². The van der Waals surface area contributed by atoms with E-state index in [9.17, 15) is 9.59 Å². The van der Waals surface area contributed by atoms with Crippen molar-refractivity contribution in [1.29, 1.82) is 0 Å². The maximum Gasteiger partial charge on any atom is 0.338 e. The van der Waals surface area contributed by atoms with Crippen LogP contribution >= 0.6 is 22.9 Å². The monoisotopic (exact) mass is 542 g/mol. The van der Waals surface area contributed by atoms with E-state index in [0.29, 0.717) is 55.0 Å². The highest BCUT2D eigenvalue weighted by molar-refractivity contribution is 7.07. The fourth-order valence-corrected chi connectivity index (χ4v) is 5.45. The van der Waals surface area contributed by atoms with Gasteiger partial charge in [0.25, 0.3) is 5.56 Å². The van der Waals surface area contributed by atoms with Gasteiger partial charge in [-0.05, 0) is 43.7 Å². The molecule has 1 aromatic heterocycles. The van der Waals surface area contributed by atoms with E-state index in [4.69, 9.17) is 30.5 Å². The number of esters is 1. The molecule has 194 valence electrons. The van der Waals surface area contributed by atoms with Gasteiger partial charge in [0.05, 0.1) is 43.7 Å². The van der Waals surface area contributed by atoms with Gasteiger partial charge in [-0.15, -0.1) is 0 Å². The number of nitrogens with zero attached hydrogens (tertiary/aromatic N) is 2. The van der Waals surface area contributed by atoms with Gasteiger partial charge >= 0.3 is 5.97 Å². The van der Waals surface area contributed by atoms with Crippen LogP contribution in [0.3, 0.4) is 0 Å². The summed E-state index contributed by atoms with van der Waals surface area (Å²) in [4.78, 5) is 31.9. The number of para-hydroxylation sites is 1. The zero-order valence-corrected chi connectivity index (χ0v) is 22.7. The molecule has 3 aromatic rings. The number of hydrogen-bond donors (Lipinski definition) is 0. The van der Waals surface area contributed by atoms with Crippen molar-refractivity contribution in [3.05, 3.63) is 83.5 Å². The Kier molecular flexibility index (Phi) is 8.04. The molecule has 2 heterocycles. The van der Waals surface area contributed by atoms with Crippen LogP contribution in [0.5, 0.6) is 17.2 Å². The van der Waals surface area contributed by atoms with E-state index < -0.39 is 12.0 Å². The Bertz CT molecular complexity index is 1560. The third kappa shape index (κ3) is 5.01. The number of fused-ring (bicyclic) bond motifs is 1. The van der Waals surface area contributed by atoms with Crippen LogP contribution in [0.25, 0.3) is 6.08 Å². The summed E-state index contributed by atoms with van der Waals surface area (Å²) < 4.78 is 23.9. The Morgan fingerprint density at radius 2 is 1.95 bits per heavy atom. The summed E-state index contributed by atoms with van der Waals surface area (Å²) in [5.41, 5.74) is 1.60. The number of allylic oxidation sites excluding steroid dienone is 1. The number of benzene rings is 2. The third-order valence-electron chi connectivity index (χ3n) is 5.88. The highest BCUT2D eigenvalue weighted by atomic mass is 35.5. The molecule has 0 radical (unpaired) electrons. The first-order valence-electron chi connectivity index (χ1n) is 11.6. The number of rotatable bonds is 8. The van der Waals surface area contributed by atoms with E-state index >= 15 is 0 Å². The third-order valence-corrected chi connectivity index (χ3v) is 7.09. The second kappa shape index (κ2) is 11.2. The van der Waals surface area contributed by atoms with Crippen LogP contribution in [0.1, 0.15) is 37.4 Å². The lowest BCUT2D eigenvalue weighted by Gasteiger charge is -2.26. The molecular weight excluding hydrogens is 516 g/mol. The maximum atomic E-state index is 13.9. The summed E-state index contributed by atoms with van der Waals surface area (Å²) in [6, 6.07) is 9.74. The summed E-state index contributed by atoms with van der Waals surface area (Å²) in [7, 11) is 4.39. The Morgan fingerprint density at radius 1 is 1.16 bits per heavy atom. The van der Waals surface area contributed by atoms with Gasteiger partial charge < -0.3 is 18.9 Å².